The lowest BCUT2D eigenvalue weighted by molar-refractivity contribution is 0.0218. The third-order valence-corrected chi connectivity index (χ3v) is 11.0. The fourth-order valence-electron chi connectivity index (χ4n) is 6.12. The molecule has 1 atom stereocenters. The molecule has 2 amide bonds. The van der Waals surface area contributed by atoms with Crippen molar-refractivity contribution in [3.63, 3.8) is 0 Å². The molecule has 13 heteroatoms. The molecule has 1 aliphatic heterocycles. The summed E-state index contributed by atoms with van der Waals surface area (Å²) >= 11 is 6.90. The number of amides is 2. The van der Waals surface area contributed by atoms with Crippen molar-refractivity contribution in [2.24, 2.45) is 5.41 Å². The van der Waals surface area contributed by atoms with Crippen molar-refractivity contribution in [3.8, 4) is 0 Å². The number of methoxy groups -OCH3 is 1. The van der Waals surface area contributed by atoms with E-state index >= 15 is 0 Å². The second-order valence-electron chi connectivity index (χ2n) is 15.3. The second-order valence-corrected chi connectivity index (χ2v) is 21.3. The first kappa shape index (κ1) is 36.0. The molecular weight excluding hydrogens is 626 g/mol. The summed E-state index contributed by atoms with van der Waals surface area (Å²) in [5.74, 6) is 0.326. The summed E-state index contributed by atoms with van der Waals surface area (Å²) in [7, 11) is 0.0325. The molecular formula is C33H52ClN5O6Si. The van der Waals surface area contributed by atoms with E-state index < -0.39 is 25.2 Å². The van der Waals surface area contributed by atoms with Gasteiger partial charge in [0.25, 0.3) is 0 Å². The maximum atomic E-state index is 14.3. The zero-order valence-electron chi connectivity index (χ0n) is 29.0. The molecule has 0 radical (unpaired) electrons. The van der Waals surface area contributed by atoms with E-state index in [1.165, 1.54) is 7.11 Å². The average Bonchev–Trinajstić information content (AvgIpc) is 3.31. The van der Waals surface area contributed by atoms with E-state index in [9.17, 15) is 14.4 Å². The van der Waals surface area contributed by atoms with Crippen molar-refractivity contribution in [3.05, 3.63) is 23.0 Å². The van der Waals surface area contributed by atoms with Crippen LogP contribution in [0.25, 0.3) is 11.0 Å². The minimum absolute atomic E-state index is 0.0191. The van der Waals surface area contributed by atoms with Gasteiger partial charge in [-0.25, -0.2) is 14.6 Å². The van der Waals surface area contributed by atoms with Gasteiger partial charge in [-0.1, -0.05) is 38.2 Å². The van der Waals surface area contributed by atoms with Crippen LogP contribution in [0.2, 0.25) is 30.7 Å². The van der Waals surface area contributed by atoms with E-state index in [2.05, 4.69) is 36.8 Å². The van der Waals surface area contributed by atoms with Crippen LogP contribution in [0.5, 0.6) is 0 Å². The number of anilines is 1. The van der Waals surface area contributed by atoms with Crippen LogP contribution in [-0.4, -0.2) is 91.5 Å². The number of carbonyl (C=O) groups is 3. The van der Waals surface area contributed by atoms with Gasteiger partial charge in [-0.3, -0.25) is 9.36 Å². The molecule has 1 saturated heterocycles. The smallest absolute Gasteiger partial charge is 0.410 e. The number of ketones is 1. The minimum atomic E-state index is -1.32. The Kier molecular flexibility index (Phi) is 11.0. The highest BCUT2D eigenvalue weighted by molar-refractivity contribution is 6.76. The van der Waals surface area contributed by atoms with E-state index in [0.29, 0.717) is 68.3 Å². The van der Waals surface area contributed by atoms with Gasteiger partial charge in [-0.05, 0) is 71.6 Å². The highest BCUT2D eigenvalue weighted by Gasteiger charge is 2.41. The largest absolute Gasteiger partial charge is 0.453 e. The van der Waals surface area contributed by atoms with Gasteiger partial charge < -0.3 is 29.3 Å². The third-order valence-electron chi connectivity index (χ3n) is 8.97. The summed E-state index contributed by atoms with van der Waals surface area (Å²) in [6, 6.07) is 4.79. The summed E-state index contributed by atoms with van der Waals surface area (Å²) in [4.78, 5) is 47.6. The highest BCUT2D eigenvalue weighted by atomic mass is 35.5. The van der Waals surface area contributed by atoms with E-state index in [-0.39, 0.29) is 30.7 Å². The molecule has 1 unspecified atom stereocenters. The topological polar surface area (TPSA) is 115 Å². The number of carbonyl (C=O) groups excluding carboxylic acids is 3. The van der Waals surface area contributed by atoms with Gasteiger partial charge in [0, 0.05) is 51.8 Å². The first-order valence-electron chi connectivity index (χ1n) is 16.3. The fraction of sp³-hybridized carbons (Fsp3) is 0.697. The van der Waals surface area contributed by atoms with Crippen molar-refractivity contribution in [2.75, 3.05) is 38.3 Å². The first-order valence-corrected chi connectivity index (χ1v) is 20.4. The molecule has 1 saturated carbocycles. The molecule has 46 heavy (non-hydrogen) atoms. The molecule has 2 aromatic rings. The van der Waals surface area contributed by atoms with E-state index in [4.69, 9.17) is 30.8 Å². The Bertz CT molecular complexity index is 1430. The predicted molar refractivity (Wildman–Crippen MR) is 184 cm³/mol. The van der Waals surface area contributed by atoms with Crippen molar-refractivity contribution in [1.82, 2.24) is 19.8 Å². The Morgan fingerprint density at radius 3 is 2.39 bits per heavy atom. The SMILES string of the molecule is COC(=O)NC1CCC(C)(C(=O)c2nc3cc(Cl)c(N4CCN(C(=O)OC(C)(C)C)CC4C)cc3n2COCC[Si](C)(C)C)CC1. The Balaban J connectivity index is 1.62. The number of halogens is 1. The number of nitrogens with zero attached hydrogens (tertiary/aromatic N) is 4. The molecule has 2 heterocycles. The number of fused-ring (bicyclic) bond motifs is 1. The van der Waals surface area contributed by atoms with Gasteiger partial charge in [0.15, 0.2) is 5.82 Å². The van der Waals surface area contributed by atoms with Crippen LogP contribution >= 0.6 is 11.6 Å². The zero-order valence-corrected chi connectivity index (χ0v) is 30.8. The van der Waals surface area contributed by atoms with Crippen LogP contribution in [0, 0.1) is 5.41 Å². The van der Waals surface area contributed by atoms with Crippen molar-refractivity contribution < 1.29 is 28.6 Å². The van der Waals surface area contributed by atoms with Crippen LogP contribution < -0.4 is 10.2 Å². The number of piperazine rings is 1. The zero-order chi connectivity index (χ0) is 34.0. The lowest BCUT2D eigenvalue weighted by atomic mass is 9.71. The van der Waals surface area contributed by atoms with Crippen molar-refractivity contribution in [2.45, 2.75) is 110 Å². The van der Waals surface area contributed by atoms with Gasteiger partial charge >= 0.3 is 12.2 Å². The fourth-order valence-corrected chi connectivity index (χ4v) is 7.15. The number of hydrogen-bond donors (Lipinski definition) is 1. The molecule has 2 aliphatic rings. The number of Topliss-reactive ketones (excluding diaryl/α,β-unsaturated/α-hetero) is 1. The maximum Gasteiger partial charge on any atom is 0.410 e. The quantitative estimate of drug-likeness (QED) is 0.173. The molecule has 11 nitrogen and oxygen atoms in total. The predicted octanol–water partition coefficient (Wildman–Crippen LogP) is 6.94. The number of nitrogens with one attached hydrogen (secondary N) is 1. The molecule has 1 aliphatic carbocycles. The lowest BCUT2D eigenvalue weighted by Crippen LogP contribution is -2.54. The Morgan fingerprint density at radius 1 is 1.13 bits per heavy atom. The number of ether oxygens (including phenoxy) is 3. The molecule has 256 valence electrons. The molecule has 1 aromatic carbocycles. The summed E-state index contributed by atoms with van der Waals surface area (Å²) in [5, 5.41) is 3.41. The standard InChI is InChI=1S/C33H52ClN5O6Si/c1-22-20-37(31(42)45-32(2,3)4)14-15-38(22)26-19-27-25(18-24(26)34)36-29(39(27)21-44-16-17-46(7,8)9)28(40)33(5)12-10-23(11-13-33)35-30(41)43-6/h18-19,22-23H,10-17,20-21H2,1-9H3,(H,35,41). The Hall–Kier alpha value is -2.83. The van der Waals surface area contributed by atoms with Gasteiger partial charge in [0.2, 0.25) is 5.78 Å². The first-order chi connectivity index (χ1) is 21.4. The summed E-state index contributed by atoms with van der Waals surface area (Å²) in [5.41, 5.74) is 1.05. The third kappa shape index (κ3) is 8.74. The number of benzene rings is 1. The lowest BCUT2D eigenvalue weighted by Gasteiger charge is -2.41. The van der Waals surface area contributed by atoms with Gasteiger partial charge in [-0.15, -0.1) is 0 Å². The van der Waals surface area contributed by atoms with Crippen molar-refractivity contribution >= 4 is 54.4 Å². The van der Waals surface area contributed by atoms with Crippen LogP contribution in [0.1, 0.15) is 70.9 Å². The maximum absolute atomic E-state index is 14.3. The van der Waals surface area contributed by atoms with Crippen LogP contribution in [-0.2, 0) is 20.9 Å². The molecule has 0 bridgehead atoms. The second kappa shape index (κ2) is 14.1. The summed E-state index contributed by atoms with van der Waals surface area (Å²) < 4.78 is 18.5. The highest BCUT2D eigenvalue weighted by Crippen LogP contribution is 2.40. The van der Waals surface area contributed by atoms with Gasteiger partial charge in [0.1, 0.15) is 12.3 Å². The monoisotopic (exact) mass is 677 g/mol. The number of aromatic nitrogens is 2. The summed E-state index contributed by atoms with van der Waals surface area (Å²) in [6.45, 7) is 19.0. The van der Waals surface area contributed by atoms with Gasteiger partial charge in [0.05, 0.1) is 28.9 Å². The number of hydrogen-bond acceptors (Lipinski definition) is 8. The van der Waals surface area contributed by atoms with E-state index in [1.807, 2.05) is 44.4 Å². The summed E-state index contributed by atoms with van der Waals surface area (Å²) in [6.07, 6.45) is 1.81. The minimum Gasteiger partial charge on any atom is -0.453 e. The van der Waals surface area contributed by atoms with E-state index in [1.54, 1.807) is 4.90 Å². The molecule has 1 N–H and O–H groups in total. The molecule has 1 aromatic heterocycles. The normalized spacial score (nSPS) is 22.6. The van der Waals surface area contributed by atoms with Crippen molar-refractivity contribution in [1.29, 1.82) is 0 Å². The molecule has 0 spiro atoms. The Morgan fingerprint density at radius 2 is 1.80 bits per heavy atom. The average molecular weight is 678 g/mol. The van der Waals surface area contributed by atoms with Gasteiger partial charge in [-0.2, -0.15) is 0 Å². The molecule has 4 rings (SSSR count). The van der Waals surface area contributed by atoms with Crippen LogP contribution in [0.4, 0.5) is 15.3 Å². The van der Waals surface area contributed by atoms with Crippen LogP contribution in [0.15, 0.2) is 12.1 Å². The van der Waals surface area contributed by atoms with Crippen LogP contribution in [0.3, 0.4) is 0 Å². The number of rotatable bonds is 9. The Labute approximate surface area is 279 Å². The van der Waals surface area contributed by atoms with E-state index in [0.717, 1.165) is 17.2 Å². The molecule has 2 fully saturated rings. The number of imidazole rings is 1. The number of alkyl carbamates (subject to hydrolysis) is 1.